The first-order valence-corrected chi connectivity index (χ1v) is 10.1. The standard InChI is InChI=1S/C21H28F2N2O5/c1-12(2)20(26)25-13(3)9-24(10-16(25)21(27)28)19(17-11-29-7-8-30-17)18-14(22)5-4-6-15(18)23/h4-6,12-13,16-17,19H,7-11H2,1-3H3,(H,27,28)/t13-,16-,17?,19-/m1/s1. The van der Waals surface area contributed by atoms with Crippen LogP contribution in [0.15, 0.2) is 18.2 Å². The topological polar surface area (TPSA) is 79.3 Å². The van der Waals surface area contributed by atoms with E-state index in [0.717, 1.165) is 0 Å². The molecular weight excluding hydrogens is 398 g/mol. The predicted octanol–water partition coefficient (Wildman–Crippen LogP) is 2.06. The largest absolute Gasteiger partial charge is 0.480 e. The van der Waals surface area contributed by atoms with E-state index in [2.05, 4.69) is 0 Å². The van der Waals surface area contributed by atoms with Crippen LogP contribution < -0.4 is 0 Å². The number of hydrogen-bond donors (Lipinski definition) is 1. The van der Waals surface area contributed by atoms with Gasteiger partial charge in [-0.05, 0) is 19.1 Å². The molecule has 1 aromatic rings. The van der Waals surface area contributed by atoms with Crippen molar-refractivity contribution in [2.75, 3.05) is 32.9 Å². The minimum Gasteiger partial charge on any atom is -0.480 e. The molecule has 9 heteroatoms. The summed E-state index contributed by atoms with van der Waals surface area (Å²) < 4.78 is 40.7. The molecule has 1 aromatic carbocycles. The van der Waals surface area contributed by atoms with Gasteiger partial charge in [-0.25, -0.2) is 13.6 Å². The summed E-state index contributed by atoms with van der Waals surface area (Å²) in [5, 5.41) is 9.82. The number of carboxylic acids is 1. The van der Waals surface area contributed by atoms with Crippen molar-refractivity contribution in [3.63, 3.8) is 0 Å². The van der Waals surface area contributed by atoms with E-state index in [0.29, 0.717) is 6.61 Å². The molecule has 1 amide bonds. The number of aliphatic carboxylic acids is 1. The molecule has 2 fully saturated rings. The van der Waals surface area contributed by atoms with Gasteiger partial charge in [-0.2, -0.15) is 0 Å². The van der Waals surface area contributed by atoms with Crippen LogP contribution >= 0.6 is 0 Å². The number of amides is 1. The first-order valence-electron chi connectivity index (χ1n) is 10.1. The summed E-state index contributed by atoms with van der Waals surface area (Å²) in [7, 11) is 0. The molecule has 0 aromatic heterocycles. The summed E-state index contributed by atoms with van der Waals surface area (Å²) >= 11 is 0. The Bertz CT molecular complexity index is 764. The van der Waals surface area contributed by atoms with Crippen LogP contribution in [0.25, 0.3) is 0 Å². The molecule has 2 heterocycles. The molecule has 2 saturated heterocycles. The van der Waals surface area contributed by atoms with E-state index in [-0.39, 0.29) is 43.7 Å². The number of carbonyl (C=O) groups is 2. The van der Waals surface area contributed by atoms with Crippen LogP contribution in [0.4, 0.5) is 8.78 Å². The van der Waals surface area contributed by atoms with E-state index in [1.54, 1.807) is 25.7 Å². The second-order valence-corrected chi connectivity index (χ2v) is 8.12. The van der Waals surface area contributed by atoms with E-state index in [4.69, 9.17) is 9.47 Å². The molecule has 0 saturated carbocycles. The Morgan fingerprint density at radius 2 is 1.83 bits per heavy atom. The fraction of sp³-hybridized carbons (Fsp3) is 0.619. The average molecular weight is 426 g/mol. The Kier molecular flexibility index (Phi) is 7.05. The van der Waals surface area contributed by atoms with Crippen LogP contribution in [0, 0.1) is 17.6 Å². The van der Waals surface area contributed by atoms with Crippen molar-refractivity contribution in [1.82, 2.24) is 9.80 Å². The fourth-order valence-corrected chi connectivity index (χ4v) is 4.30. The molecule has 7 nitrogen and oxygen atoms in total. The van der Waals surface area contributed by atoms with Gasteiger partial charge in [0.15, 0.2) is 0 Å². The third-order valence-corrected chi connectivity index (χ3v) is 5.63. The minimum atomic E-state index is -1.16. The summed E-state index contributed by atoms with van der Waals surface area (Å²) in [6.07, 6.45) is -0.667. The molecule has 4 atom stereocenters. The van der Waals surface area contributed by atoms with Crippen molar-refractivity contribution in [1.29, 1.82) is 0 Å². The molecule has 1 unspecified atom stereocenters. The zero-order valence-electron chi connectivity index (χ0n) is 17.4. The Morgan fingerprint density at radius 1 is 1.17 bits per heavy atom. The highest BCUT2D eigenvalue weighted by Gasteiger charge is 2.45. The molecule has 2 aliphatic rings. The van der Waals surface area contributed by atoms with Crippen LogP contribution in [0.2, 0.25) is 0 Å². The summed E-state index contributed by atoms with van der Waals surface area (Å²) in [4.78, 5) is 27.8. The van der Waals surface area contributed by atoms with Gasteiger partial charge in [0.2, 0.25) is 5.91 Å². The molecule has 30 heavy (non-hydrogen) atoms. The number of ether oxygens (including phenoxy) is 2. The van der Waals surface area contributed by atoms with Gasteiger partial charge in [0.25, 0.3) is 0 Å². The maximum absolute atomic E-state index is 14.7. The zero-order valence-corrected chi connectivity index (χ0v) is 17.4. The van der Waals surface area contributed by atoms with Crippen molar-refractivity contribution in [3.8, 4) is 0 Å². The van der Waals surface area contributed by atoms with E-state index >= 15 is 0 Å². The molecule has 1 N–H and O–H groups in total. The number of piperazine rings is 1. The summed E-state index contributed by atoms with van der Waals surface area (Å²) in [6.45, 7) is 6.15. The quantitative estimate of drug-likeness (QED) is 0.777. The molecule has 3 rings (SSSR count). The molecule has 0 spiro atoms. The third-order valence-electron chi connectivity index (χ3n) is 5.63. The molecule has 0 aliphatic carbocycles. The highest BCUT2D eigenvalue weighted by atomic mass is 19.1. The number of hydrogen-bond acceptors (Lipinski definition) is 5. The first kappa shape index (κ1) is 22.6. The molecule has 2 aliphatic heterocycles. The van der Waals surface area contributed by atoms with Crippen molar-refractivity contribution < 1.29 is 33.0 Å². The lowest BCUT2D eigenvalue weighted by Gasteiger charge is -2.48. The number of nitrogens with zero attached hydrogens (tertiary/aromatic N) is 2. The SMILES string of the molecule is CC(C)C(=O)N1[C@H](C)CN([C@@H](c2c(F)cccc2F)C2COCCO2)C[C@@H]1C(=O)O. The van der Waals surface area contributed by atoms with Crippen LogP contribution in [0.1, 0.15) is 32.4 Å². The lowest BCUT2D eigenvalue weighted by Crippen LogP contribution is -2.64. The van der Waals surface area contributed by atoms with E-state index in [1.165, 1.54) is 23.1 Å². The predicted molar refractivity (Wildman–Crippen MR) is 104 cm³/mol. The van der Waals surface area contributed by atoms with Gasteiger partial charge in [-0.15, -0.1) is 0 Å². The van der Waals surface area contributed by atoms with Gasteiger partial charge in [-0.1, -0.05) is 19.9 Å². The highest BCUT2D eigenvalue weighted by Crippen LogP contribution is 2.35. The smallest absolute Gasteiger partial charge is 0.327 e. The third kappa shape index (κ3) is 4.48. The second kappa shape index (κ2) is 9.36. The Labute approximate surface area is 174 Å². The lowest BCUT2D eigenvalue weighted by molar-refractivity contribution is -0.164. The number of carbonyl (C=O) groups excluding carboxylic acids is 1. The Balaban J connectivity index is 1.99. The van der Waals surface area contributed by atoms with Crippen molar-refractivity contribution in [2.45, 2.75) is 45.0 Å². The number of carboxylic acid groups (broad SMARTS) is 1. The normalized spacial score (nSPS) is 26.6. The molecule has 0 bridgehead atoms. The van der Waals surface area contributed by atoms with E-state index in [9.17, 15) is 23.5 Å². The van der Waals surface area contributed by atoms with Gasteiger partial charge in [0.1, 0.15) is 23.8 Å². The monoisotopic (exact) mass is 426 g/mol. The van der Waals surface area contributed by atoms with E-state index in [1.807, 2.05) is 0 Å². The second-order valence-electron chi connectivity index (χ2n) is 8.12. The first-order chi connectivity index (χ1) is 14.2. The molecular formula is C21H28F2N2O5. The average Bonchev–Trinajstić information content (AvgIpc) is 2.70. The van der Waals surface area contributed by atoms with Crippen molar-refractivity contribution in [3.05, 3.63) is 35.4 Å². The molecule has 166 valence electrons. The number of halogens is 2. The van der Waals surface area contributed by atoms with Crippen LogP contribution in [0.5, 0.6) is 0 Å². The van der Waals surface area contributed by atoms with Gasteiger partial charge in [0.05, 0.1) is 25.9 Å². The van der Waals surface area contributed by atoms with Gasteiger partial charge < -0.3 is 19.5 Å². The summed E-state index contributed by atoms with van der Waals surface area (Å²) in [5.74, 6) is -3.24. The van der Waals surface area contributed by atoms with Gasteiger partial charge in [0, 0.05) is 30.6 Å². The van der Waals surface area contributed by atoms with Crippen LogP contribution in [-0.2, 0) is 19.1 Å². The number of benzene rings is 1. The molecule has 0 radical (unpaired) electrons. The van der Waals surface area contributed by atoms with Crippen molar-refractivity contribution >= 4 is 11.9 Å². The van der Waals surface area contributed by atoms with Crippen LogP contribution in [0.3, 0.4) is 0 Å². The Hall–Kier alpha value is -2.10. The lowest BCUT2D eigenvalue weighted by atomic mass is 9.94. The van der Waals surface area contributed by atoms with Crippen LogP contribution in [-0.4, -0.2) is 77.9 Å². The maximum atomic E-state index is 14.7. The number of rotatable bonds is 5. The fourth-order valence-electron chi connectivity index (χ4n) is 4.30. The summed E-state index contributed by atoms with van der Waals surface area (Å²) in [6, 6.07) is 1.15. The van der Waals surface area contributed by atoms with Crippen molar-refractivity contribution in [2.24, 2.45) is 5.92 Å². The van der Waals surface area contributed by atoms with E-state index < -0.39 is 41.8 Å². The van der Waals surface area contributed by atoms with Gasteiger partial charge >= 0.3 is 5.97 Å². The zero-order chi connectivity index (χ0) is 22.0. The highest BCUT2D eigenvalue weighted by molar-refractivity contribution is 5.85. The summed E-state index contributed by atoms with van der Waals surface area (Å²) in [5.41, 5.74) is -0.173. The van der Waals surface area contributed by atoms with Gasteiger partial charge in [-0.3, -0.25) is 9.69 Å². The minimum absolute atomic E-state index is 0.0730. The Morgan fingerprint density at radius 3 is 2.37 bits per heavy atom. The maximum Gasteiger partial charge on any atom is 0.327 e.